The van der Waals surface area contributed by atoms with Gasteiger partial charge >= 0.3 is 0 Å². The van der Waals surface area contributed by atoms with Gasteiger partial charge in [0.25, 0.3) is 0 Å². The van der Waals surface area contributed by atoms with Gasteiger partial charge < -0.3 is 5.32 Å². The van der Waals surface area contributed by atoms with Crippen molar-refractivity contribution in [2.45, 2.75) is 6.92 Å². The maximum Gasteiger partial charge on any atom is 0.0638 e. The average molecular weight is 251 g/mol. The van der Waals surface area contributed by atoms with E-state index in [-0.39, 0.29) is 0 Å². The van der Waals surface area contributed by atoms with Crippen molar-refractivity contribution in [3.05, 3.63) is 39.4 Å². The molecule has 76 valence electrons. The van der Waals surface area contributed by atoms with Gasteiger partial charge in [0.15, 0.2) is 0 Å². The highest BCUT2D eigenvalue weighted by atomic mass is 35.5. The molecule has 0 aliphatic heterocycles. The van der Waals surface area contributed by atoms with Crippen LogP contribution < -0.4 is 5.32 Å². The summed E-state index contributed by atoms with van der Waals surface area (Å²) in [6.07, 6.45) is 0. The van der Waals surface area contributed by atoms with Crippen molar-refractivity contribution >= 4 is 40.5 Å². The first-order chi connectivity index (χ1) is 6.63. The molecule has 0 bridgehead atoms. The lowest BCUT2D eigenvalue weighted by molar-refractivity contribution is 1.21. The Morgan fingerprint density at radius 2 is 2.14 bits per heavy atom. The van der Waals surface area contributed by atoms with Crippen molar-refractivity contribution in [1.82, 2.24) is 0 Å². The van der Waals surface area contributed by atoms with Crippen LogP contribution in [0.2, 0.25) is 10.0 Å². The maximum atomic E-state index is 5.95. The van der Waals surface area contributed by atoms with E-state index in [1.54, 1.807) is 18.2 Å². The van der Waals surface area contributed by atoms with Crippen LogP contribution in [0.1, 0.15) is 6.92 Å². The van der Waals surface area contributed by atoms with Crippen LogP contribution in [0.25, 0.3) is 0 Å². The zero-order valence-corrected chi connectivity index (χ0v) is 9.92. The molecule has 1 nitrogen and oxygen atoms in total. The molecule has 4 heteroatoms. The largest absolute Gasteiger partial charge is 0.380 e. The van der Waals surface area contributed by atoms with Crippen LogP contribution in [0.3, 0.4) is 0 Å². The highest BCUT2D eigenvalue weighted by molar-refractivity contribution is 6.35. The third-order valence-corrected chi connectivity index (χ3v) is 2.61. The van der Waals surface area contributed by atoms with E-state index in [9.17, 15) is 0 Å². The first-order valence-corrected chi connectivity index (χ1v) is 5.27. The number of benzene rings is 1. The van der Waals surface area contributed by atoms with Gasteiger partial charge in [-0.1, -0.05) is 34.8 Å². The Bertz CT molecular complexity index is 347. The van der Waals surface area contributed by atoms with Crippen molar-refractivity contribution in [2.24, 2.45) is 0 Å². The number of hydrogen-bond acceptors (Lipinski definition) is 1. The second-order valence-electron chi connectivity index (χ2n) is 2.93. The van der Waals surface area contributed by atoms with E-state index in [1.165, 1.54) is 5.54 Å². The summed E-state index contributed by atoms with van der Waals surface area (Å²) in [6.45, 7) is 2.59. The minimum atomic E-state index is 0.650. The monoisotopic (exact) mass is 249 g/mol. The molecule has 1 rings (SSSR count). The normalized spacial score (nSPS) is 11.6. The van der Waals surface area contributed by atoms with Crippen molar-refractivity contribution in [2.75, 3.05) is 11.9 Å². The van der Waals surface area contributed by atoms with Crippen LogP contribution >= 0.6 is 34.8 Å². The lowest BCUT2D eigenvalue weighted by atomic mass is 10.3. The second kappa shape index (κ2) is 5.50. The van der Waals surface area contributed by atoms with Gasteiger partial charge in [-0.2, -0.15) is 0 Å². The maximum absolute atomic E-state index is 5.95. The molecule has 0 aliphatic rings. The SMILES string of the molecule is C/C(=C/Cl)CNc1cc(Cl)ccc1Cl. The molecule has 0 atom stereocenters. The topological polar surface area (TPSA) is 12.0 Å². The predicted molar refractivity (Wildman–Crippen MR) is 64.6 cm³/mol. The number of anilines is 1. The molecule has 1 aromatic rings. The molecule has 0 saturated heterocycles. The van der Waals surface area contributed by atoms with E-state index in [2.05, 4.69) is 5.32 Å². The van der Waals surface area contributed by atoms with Crippen molar-refractivity contribution in [1.29, 1.82) is 0 Å². The van der Waals surface area contributed by atoms with Gasteiger partial charge in [0.2, 0.25) is 0 Å². The summed E-state index contributed by atoms with van der Waals surface area (Å²) < 4.78 is 0. The molecule has 0 radical (unpaired) electrons. The molecule has 0 amide bonds. The fraction of sp³-hybridized carbons (Fsp3) is 0.200. The van der Waals surface area contributed by atoms with E-state index < -0.39 is 0 Å². The van der Waals surface area contributed by atoms with Gasteiger partial charge in [-0.25, -0.2) is 0 Å². The van der Waals surface area contributed by atoms with Gasteiger partial charge in [0, 0.05) is 17.1 Å². The number of hydrogen-bond donors (Lipinski definition) is 1. The summed E-state index contributed by atoms with van der Waals surface area (Å²) in [6, 6.07) is 5.29. The van der Waals surface area contributed by atoms with E-state index in [0.717, 1.165) is 11.3 Å². The van der Waals surface area contributed by atoms with E-state index in [4.69, 9.17) is 34.8 Å². The molecule has 0 saturated carbocycles. The van der Waals surface area contributed by atoms with Crippen LogP contribution in [0.15, 0.2) is 29.3 Å². The van der Waals surface area contributed by atoms with Crippen LogP contribution in [0.4, 0.5) is 5.69 Å². The summed E-state index contributed by atoms with van der Waals surface area (Å²) >= 11 is 17.3. The number of halogens is 3. The Hall–Kier alpha value is -0.370. The fourth-order valence-electron chi connectivity index (χ4n) is 0.906. The summed E-state index contributed by atoms with van der Waals surface area (Å²) in [5.41, 5.74) is 3.38. The molecular weight excluding hydrogens is 240 g/mol. The van der Waals surface area contributed by atoms with E-state index >= 15 is 0 Å². The molecule has 0 heterocycles. The molecule has 0 fully saturated rings. The van der Waals surface area contributed by atoms with Crippen LogP contribution in [-0.4, -0.2) is 6.54 Å². The molecule has 0 unspecified atom stereocenters. The summed E-state index contributed by atoms with van der Waals surface area (Å²) in [4.78, 5) is 0. The van der Waals surface area contributed by atoms with Gasteiger partial charge in [-0.3, -0.25) is 0 Å². The molecular formula is C10H10Cl3N. The Morgan fingerprint density at radius 1 is 1.43 bits per heavy atom. The highest BCUT2D eigenvalue weighted by Crippen LogP contribution is 2.25. The quantitative estimate of drug-likeness (QED) is 0.830. The molecule has 0 aromatic heterocycles. The summed E-state index contributed by atoms with van der Waals surface area (Å²) in [5.74, 6) is 0. The summed E-state index contributed by atoms with van der Waals surface area (Å²) in [7, 11) is 0. The second-order valence-corrected chi connectivity index (χ2v) is 4.00. The van der Waals surface area contributed by atoms with Crippen LogP contribution in [-0.2, 0) is 0 Å². The number of nitrogens with one attached hydrogen (secondary N) is 1. The molecule has 0 spiro atoms. The Labute approximate surface area is 98.7 Å². The molecule has 1 N–H and O–H groups in total. The molecule has 1 aromatic carbocycles. The zero-order chi connectivity index (χ0) is 10.6. The van der Waals surface area contributed by atoms with Gasteiger partial charge in [-0.05, 0) is 30.7 Å². The van der Waals surface area contributed by atoms with Crippen molar-refractivity contribution in [3.8, 4) is 0 Å². The number of rotatable bonds is 3. The Morgan fingerprint density at radius 3 is 2.79 bits per heavy atom. The van der Waals surface area contributed by atoms with Crippen molar-refractivity contribution < 1.29 is 0 Å². The lowest BCUT2D eigenvalue weighted by Crippen LogP contribution is -2.02. The van der Waals surface area contributed by atoms with Crippen LogP contribution in [0.5, 0.6) is 0 Å². The van der Waals surface area contributed by atoms with Gasteiger partial charge in [0.05, 0.1) is 10.7 Å². The fourth-order valence-corrected chi connectivity index (χ4v) is 1.34. The molecule has 14 heavy (non-hydrogen) atoms. The van der Waals surface area contributed by atoms with E-state index in [1.807, 2.05) is 6.92 Å². The van der Waals surface area contributed by atoms with Gasteiger partial charge in [-0.15, -0.1) is 0 Å². The minimum absolute atomic E-state index is 0.650. The van der Waals surface area contributed by atoms with Crippen molar-refractivity contribution in [3.63, 3.8) is 0 Å². The first-order valence-electron chi connectivity index (χ1n) is 4.08. The molecule has 0 aliphatic carbocycles. The lowest BCUT2D eigenvalue weighted by Gasteiger charge is -2.08. The third-order valence-electron chi connectivity index (χ3n) is 1.67. The highest BCUT2D eigenvalue weighted by Gasteiger charge is 2.00. The minimum Gasteiger partial charge on any atom is -0.380 e. The summed E-state index contributed by atoms with van der Waals surface area (Å²) in [5, 5.41) is 4.44. The zero-order valence-electron chi connectivity index (χ0n) is 7.65. The van der Waals surface area contributed by atoms with Gasteiger partial charge in [0.1, 0.15) is 0 Å². The van der Waals surface area contributed by atoms with Crippen LogP contribution in [0, 0.1) is 0 Å². The average Bonchev–Trinajstić information content (AvgIpc) is 2.19. The Kier molecular flexibility index (Phi) is 4.59. The van der Waals surface area contributed by atoms with E-state index in [0.29, 0.717) is 16.6 Å². The standard InChI is InChI=1S/C10H10Cl3N/c1-7(5-11)6-14-10-4-8(12)2-3-9(10)13/h2-5,14H,6H2,1H3/b7-5-. The smallest absolute Gasteiger partial charge is 0.0638 e. The Balaban J connectivity index is 2.71. The first kappa shape index (κ1) is 11.7. The predicted octanol–water partition coefficient (Wildman–Crippen LogP) is 4.55. The third kappa shape index (κ3) is 3.41.